The van der Waals surface area contributed by atoms with Crippen LogP contribution in [0.1, 0.15) is 43.9 Å². The highest BCUT2D eigenvalue weighted by Gasteiger charge is 2.25. The third-order valence-electron chi connectivity index (χ3n) is 5.76. The highest BCUT2D eigenvalue weighted by Crippen LogP contribution is 2.21. The van der Waals surface area contributed by atoms with Crippen molar-refractivity contribution in [2.24, 2.45) is 0 Å². The molecule has 0 spiro atoms. The van der Waals surface area contributed by atoms with Crippen LogP contribution in [0.25, 0.3) is 10.9 Å². The Morgan fingerprint density at radius 2 is 2.03 bits per heavy atom. The first-order valence-electron chi connectivity index (χ1n) is 10.5. The number of aromatic nitrogens is 3. The quantitative estimate of drug-likeness (QED) is 0.582. The van der Waals surface area contributed by atoms with Crippen LogP contribution < -0.4 is 5.56 Å². The number of hydrogen-bond donors (Lipinski definition) is 0. The molecule has 1 saturated heterocycles. The van der Waals surface area contributed by atoms with E-state index in [1.165, 1.54) is 19.3 Å². The second-order valence-corrected chi connectivity index (χ2v) is 8.26. The molecule has 3 heterocycles. The summed E-state index contributed by atoms with van der Waals surface area (Å²) in [5.41, 5.74) is 2.41. The van der Waals surface area contributed by atoms with Crippen molar-refractivity contribution >= 4 is 22.5 Å². The number of nitrogens with zero attached hydrogens (tertiary/aromatic N) is 4. The van der Waals surface area contributed by atoms with Gasteiger partial charge in [0.2, 0.25) is 0 Å². The van der Waals surface area contributed by atoms with E-state index < -0.39 is 0 Å². The van der Waals surface area contributed by atoms with Crippen LogP contribution in [0.15, 0.2) is 47.4 Å². The molecule has 0 unspecified atom stereocenters. The number of likely N-dealkylation sites (tertiary alicyclic amines) is 1. The van der Waals surface area contributed by atoms with Gasteiger partial charge in [0.05, 0.1) is 12.2 Å². The maximum absolute atomic E-state index is 13.1. The van der Waals surface area contributed by atoms with E-state index in [1.807, 2.05) is 36.4 Å². The second kappa shape index (κ2) is 9.06. The topological polar surface area (TPSA) is 51.0 Å². The third kappa shape index (κ3) is 4.51. The van der Waals surface area contributed by atoms with Gasteiger partial charge in [-0.25, -0.2) is 4.68 Å². The zero-order chi connectivity index (χ0) is 20.2. The fraction of sp³-hybridized carbons (Fsp3) is 0.435. The number of pyridine rings is 1. The highest BCUT2D eigenvalue weighted by molar-refractivity contribution is 6.30. The molecule has 0 amide bonds. The average molecular weight is 411 g/mol. The lowest BCUT2D eigenvalue weighted by Crippen LogP contribution is -2.38. The number of unbranched alkanes of at least 4 members (excludes halogenated alkanes) is 1. The van der Waals surface area contributed by atoms with Crippen molar-refractivity contribution in [3.8, 4) is 0 Å². The number of fused-ring (bicyclic) bond motifs is 1. The lowest BCUT2D eigenvalue weighted by Gasteiger charge is -2.24. The number of rotatable bonds is 7. The molecule has 0 N–H and O–H groups in total. The molecule has 152 valence electrons. The molecule has 0 bridgehead atoms. The lowest BCUT2D eigenvalue weighted by molar-refractivity contribution is 0.221. The lowest BCUT2D eigenvalue weighted by atomic mass is 10.1. The molecule has 1 aliphatic rings. The standard InChI is InChI=1S/C23H27ClN4O/c1-2-3-13-27-14-5-6-19(27)16-28-23(29)22-20(7-4-12-25-22)21(26-28)15-17-8-10-18(24)11-9-17/h4,7-12,19H,2-3,5-6,13-16H2,1H3/t19-/m1/s1. The fourth-order valence-electron chi connectivity index (χ4n) is 4.18. The first-order valence-corrected chi connectivity index (χ1v) is 10.9. The molecule has 0 saturated carbocycles. The maximum atomic E-state index is 13.1. The van der Waals surface area contributed by atoms with Crippen molar-refractivity contribution in [3.63, 3.8) is 0 Å². The summed E-state index contributed by atoms with van der Waals surface area (Å²) in [5.74, 6) is 0. The normalized spacial score (nSPS) is 17.2. The van der Waals surface area contributed by atoms with Crippen LogP contribution in [0.4, 0.5) is 0 Å². The van der Waals surface area contributed by atoms with Gasteiger partial charge in [-0.05, 0) is 62.2 Å². The highest BCUT2D eigenvalue weighted by atomic mass is 35.5. The summed E-state index contributed by atoms with van der Waals surface area (Å²) in [5, 5.41) is 6.35. The first-order chi connectivity index (χ1) is 14.2. The van der Waals surface area contributed by atoms with Gasteiger partial charge in [0.1, 0.15) is 5.52 Å². The van der Waals surface area contributed by atoms with E-state index >= 15 is 0 Å². The van der Waals surface area contributed by atoms with Crippen molar-refractivity contribution in [2.45, 2.75) is 51.6 Å². The van der Waals surface area contributed by atoms with Crippen LogP contribution in [0, 0.1) is 0 Å². The Labute approximate surface area is 176 Å². The van der Waals surface area contributed by atoms with Crippen LogP contribution >= 0.6 is 11.6 Å². The van der Waals surface area contributed by atoms with Gasteiger partial charge in [-0.2, -0.15) is 5.10 Å². The monoisotopic (exact) mass is 410 g/mol. The van der Waals surface area contributed by atoms with Crippen molar-refractivity contribution in [3.05, 3.63) is 69.2 Å². The summed E-state index contributed by atoms with van der Waals surface area (Å²) in [4.78, 5) is 20.0. The molecule has 1 aliphatic heterocycles. The largest absolute Gasteiger partial charge is 0.299 e. The van der Waals surface area contributed by atoms with Crippen LogP contribution in [0.3, 0.4) is 0 Å². The van der Waals surface area contributed by atoms with E-state index in [0.717, 1.165) is 36.2 Å². The summed E-state index contributed by atoms with van der Waals surface area (Å²) < 4.78 is 1.65. The van der Waals surface area contributed by atoms with Gasteiger partial charge in [0.25, 0.3) is 5.56 Å². The van der Waals surface area contributed by atoms with Crippen molar-refractivity contribution in [1.82, 2.24) is 19.7 Å². The number of benzene rings is 1. The molecule has 1 aromatic carbocycles. The van der Waals surface area contributed by atoms with Crippen LogP contribution in [-0.2, 0) is 13.0 Å². The zero-order valence-corrected chi connectivity index (χ0v) is 17.6. The van der Waals surface area contributed by atoms with E-state index in [4.69, 9.17) is 16.7 Å². The smallest absolute Gasteiger partial charge is 0.293 e. The third-order valence-corrected chi connectivity index (χ3v) is 6.02. The Morgan fingerprint density at radius 3 is 2.83 bits per heavy atom. The van der Waals surface area contributed by atoms with Crippen LogP contribution in [-0.4, -0.2) is 38.8 Å². The molecular weight excluding hydrogens is 384 g/mol. The minimum Gasteiger partial charge on any atom is -0.299 e. The Hall–Kier alpha value is -2.24. The van der Waals surface area contributed by atoms with E-state index in [-0.39, 0.29) is 5.56 Å². The summed E-state index contributed by atoms with van der Waals surface area (Å²) >= 11 is 6.02. The summed E-state index contributed by atoms with van der Waals surface area (Å²) in [6.45, 7) is 5.06. The maximum Gasteiger partial charge on any atom is 0.293 e. The Balaban J connectivity index is 1.68. The van der Waals surface area contributed by atoms with Gasteiger partial charge in [0.15, 0.2) is 0 Å². The molecule has 0 aliphatic carbocycles. The predicted octanol–water partition coefficient (Wildman–Crippen LogP) is 4.30. The number of halogens is 1. The molecule has 0 radical (unpaired) electrons. The summed E-state index contributed by atoms with van der Waals surface area (Å²) in [7, 11) is 0. The van der Waals surface area contributed by atoms with Crippen LogP contribution in [0.2, 0.25) is 5.02 Å². The average Bonchev–Trinajstić information content (AvgIpc) is 3.18. The van der Waals surface area contributed by atoms with Gasteiger partial charge in [-0.3, -0.25) is 14.7 Å². The minimum absolute atomic E-state index is 0.0946. The molecule has 2 aromatic heterocycles. The molecule has 4 rings (SSSR count). The molecule has 3 aromatic rings. The molecule has 1 atom stereocenters. The Morgan fingerprint density at radius 1 is 1.21 bits per heavy atom. The predicted molar refractivity (Wildman–Crippen MR) is 118 cm³/mol. The van der Waals surface area contributed by atoms with Crippen molar-refractivity contribution < 1.29 is 0 Å². The minimum atomic E-state index is -0.0946. The van der Waals surface area contributed by atoms with E-state index in [0.29, 0.717) is 29.5 Å². The summed E-state index contributed by atoms with van der Waals surface area (Å²) in [6.07, 6.45) is 7.01. The van der Waals surface area contributed by atoms with Gasteiger partial charge < -0.3 is 0 Å². The Bertz CT molecular complexity index is 1030. The van der Waals surface area contributed by atoms with E-state index in [1.54, 1.807) is 10.9 Å². The second-order valence-electron chi connectivity index (χ2n) is 7.82. The van der Waals surface area contributed by atoms with Crippen LogP contribution in [0.5, 0.6) is 0 Å². The summed E-state index contributed by atoms with van der Waals surface area (Å²) in [6, 6.07) is 12.0. The molecule has 5 nitrogen and oxygen atoms in total. The van der Waals surface area contributed by atoms with Gasteiger partial charge in [-0.15, -0.1) is 0 Å². The number of hydrogen-bond acceptors (Lipinski definition) is 4. The van der Waals surface area contributed by atoms with Crippen molar-refractivity contribution in [1.29, 1.82) is 0 Å². The molecule has 6 heteroatoms. The van der Waals surface area contributed by atoms with E-state index in [2.05, 4.69) is 16.8 Å². The Kier molecular flexibility index (Phi) is 6.26. The van der Waals surface area contributed by atoms with Gasteiger partial charge in [-0.1, -0.05) is 37.1 Å². The first kappa shape index (κ1) is 20.0. The zero-order valence-electron chi connectivity index (χ0n) is 16.9. The van der Waals surface area contributed by atoms with Gasteiger partial charge >= 0.3 is 0 Å². The van der Waals surface area contributed by atoms with E-state index in [9.17, 15) is 4.79 Å². The SMILES string of the molecule is CCCCN1CCC[C@@H]1Cn1nc(Cc2ccc(Cl)cc2)c2cccnc2c1=O. The molecule has 1 fully saturated rings. The molecular formula is C23H27ClN4O. The fourth-order valence-corrected chi connectivity index (χ4v) is 4.31. The molecule has 29 heavy (non-hydrogen) atoms. The van der Waals surface area contributed by atoms with Crippen molar-refractivity contribution in [2.75, 3.05) is 13.1 Å². The van der Waals surface area contributed by atoms with Gasteiger partial charge in [0, 0.05) is 29.1 Å².